The normalized spacial score (nSPS) is 18.6. The van der Waals surface area contributed by atoms with E-state index in [1.165, 1.54) is 0 Å². The van der Waals surface area contributed by atoms with Gasteiger partial charge in [0.2, 0.25) is 5.95 Å². The number of halogens is 1. The van der Waals surface area contributed by atoms with Crippen molar-refractivity contribution in [1.29, 1.82) is 0 Å². The molecular weight excluding hydrogens is 185 g/mol. The Hall–Kier alpha value is -1.23. The van der Waals surface area contributed by atoms with Gasteiger partial charge in [-0.05, 0) is 12.8 Å². The molecule has 0 aromatic carbocycles. The van der Waals surface area contributed by atoms with Crippen LogP contribution in [0.3, 0.4) is 0 Å². The molecular formula is C9H12FN3O. The maximum absolute atomic E-state index is 12.5. The fourth-order valence-corrected chi connectivity index (χ4v) is 1.53. The highest BCUT2D eigenvalue weighted by Gasteiger charge is 2.18. The molecule has 1 aliphatic heterocycles. The van der Waals surface area contributed by atoms with Crippen LogP contribution in [0.4, 0.5) is 10.3 Å². The largest absolute Gasteiger partial charge is 0.393 e. The average Bonchev–Trinajstić information content (AvgIpc) is 2.21. The van der Waals surface area contributed by atoms with Gasteiger partial charge in [-0.3, -0.25) is 0 Å². The van der Waals surface area contributed by atoms with Gasteiger partial charge in [-0.15, -0.1) is 0 Å². The molecule has 0 amide bonds. The highest BCUT2D eigenvalue weighted by atomic mass is 19.1. The number of hydrogen-bond acceptors (Lipinski definition) is 4. The molecule has 0 bridgehead atoms. The molecule has 1 aromatic heterocycles. The molecule has 0 aliphatic carbocycles. The van der Waals surface area contributed by atoms with Gasteiger partial charge in [0.1, 0.15) is 0 Å². The standard InChI is InChI=1S/C9H12FN3O/c10-7-5-11-9(12-6-7)13-3-1-8(14)2-4-13/h5-6,8,14H,1-4H2. The van der Waals surface area contributed by atoms with E-state index in [9.17, 15) is 9.50 Å². The maximum atomic E-state index is 12.5. The molecule has 14 heavy (non-hydrogen) atoms. The SMILES string of the molecule is OC1CCN(c2ncc(F)cn2)CC1. The van der Waals surface area contributed by atoms with Gasteiger partial charge in [-0.1, -0.05) is 0 Å². The lowest BCUT2D eigenvalue weighted by Gasteiger charge is -2.29. The zero-order chi connectivity index (χ0) is 9.97. The third kappa shape index (κ3) is 1.98. The molecule has 4 nitrogen and oxygen atoms in total. The first kappa shape index (κ1) is 9.33. The quantitative estimate of drug-likeness (QED) is 0.715. The minimum absolute atomic E-state index is 0.216. The average molecular weight is 197 g/mol. The predicted molar refractivity (Wildman–Crippen MR) is 49.4 cm³/mol. The zero-order valence-corrected chi connectivity index (χ0v) is 7.73. The Balaban J connectivity index is 2.05. The van der Waals surface area contributed by atoms with Crippen molar-refractivity contribution in [1.82, 2.24) is 9.97 Å². The van der Waals surface area contributed by atoms with E-state index in [-0.39, 0.29) is 6.10 Å². The van der Waals surface area contributed by atoms with Gasteiger partial charge in [0.25, 0.3) is 0 Å². The Kier molecular flexibility index (Phi) is 2.58. The number of rotatable bonds is 1. The first-order valence-electron chi connectivity index (χ1n) is 4.66. The summed E-state index contributed by atoms with van der Waals surface area (Å²) in [4.78, 5) is 9.72. The Morgan fingerprint density at radius 2 is 1.86 bits per heavy atom. The van der Waals surface area contributed by atoms with E-state index in [4.69, 9.17) is 0 Å². The van der Waals surface area contributed by atoms with Crippen LogP contribution in [0.15, 0.2) is 12.4 Å². The number of aliphatic hydroxyl groups is 1. The molecule has 0 radical (unpaired) electrons. The monoisotopic (exact) mass is 197 g/mol. The highest BCUT2D eigenvalue weighted by molar-refractivity contribution is 5.29. The summed E-state index contributed by atoms with van der Waals surface area (Å²) in [6.07, 6.45) is 3.55. The Morgan fingerprint density at radius 1 is 1.29 bits per heavy atom. The van der Waals surface area contributed by atoms with Crippen molar-refractivity contribution in [3.05, 3.63) is 18.2 Å². The molecule has 0 unspecified atom stereocenters. The molecule has 0 saturated carbocycles. The number of hydrogen-bond donors (Lipinski definition) is 1. The second kappa shape index (κ2) is 3.88. The van der Waals surface area contributed by atoms with Crippen LogP contribution in [-0.4, -0.2) is 34.3 Å². The number of aliphatic hydroxyl groups excluding tert-OH is 1. The molecule has 1 fully saturated rings. The van der Waals surface area contributed by atoms with Crippen LogP contribution in [0.25, 0.3) is 0 Å². The molecule has 1 aromatic rings. The lowest BCUT2D eigenvalue weighted by Crippen LogP contribution is -2.36. The summed E-state index contributed by atoms with van der Waals surface area (Å²) in [6.45, 7) is 1.46. The van der Waals surface area contributed by atoms with E-state index in [2.05, 4.69) is 9.97 Å². The van der Waals surface area contributed by atoms with Crippen LogP contribution >= 0.6 is 0 Å². The second-order valence-corrected chi connectivity index (χ2v) is 3.42. The second-order valence-electron chi connectivity index (χ2n) is 3.42. The van der Waals surface area contributed by atoms with Crippen LogP contribution in [-0.2, 0) is 0 Å². The van der Waals surface area contributed by atoms with Crippen LogP contribution in [0, 0.1) is 5.82 Å². The third-order valence-corrected chi connectivity index (χ3v) is 2.35. The molecule has 2 heterocycles. The molecule has 0 spiro atoms. The van der Waals surface area contributed by atoms with Gasteiger partial charge in [-0.2, -0.15) is 0 Å². The van der Waals surface area contributed by atoms with Crippen LogP contribution in [0.5, 0.6) is 0 Å². The van der Waals surface area contributed by atoms with Crippen molar-refractivity contribution < 1.29 is 9.50 Å². The lowest BCUT2D eigenvalue weighted by atomic mass is 10.1. The summed E-state index contributed by atoms with van der Waals surface area (Å²) in [5.41, 5.74) is 0. The first-order chi connectivity index (χ1) is 6.75. The summed E-state index contributed by atoms with van der Waals surface area (Å²) in [6, 6.07) is 0. The summed E-state index contributed by atoms with van der Waals surface area (Å²) in [7, 11) is 0. The molecule has 76 valence electrons. The van der Waals surface area contributed by atoms with Gasteiger partial charge in [0.15, 0.2) is 5.82 Å². The number of nitrogens with zero attached hydrogens (tertiary/aromatic N) is 3. The Bertz CT molecular complexity index is 295. The fraction of sp³-hybridized carbons (Fsp3) is 0.556. The molecule has 1 aliphatic rings. The van der Waals surface area contributed by atoms with Crippen molar-refractivity contribution in [2.24, 2.45) is 0 Å². The minimum atomic E-state index is -0.425. The van der Waals surface area contributed by atoms with Crippen LogP contribution in [0.2, 0.25) is 0 Å². The maximum Gasteiger partial charge on any atom is 0.225 e. The smallest absolute Gasteiger partial charge is 0.225 e. The van der Waals surface area contributed by atoms with E-state index >= 15 is 0 Å². The Morgan fingerprint density at radius 3 is 2.43 bits per heavy atom. The van der Waals surface area contributed by atoms with Gasteiger partial charge in [0, 0.05) is 13.1 Å². The van der Waals surface area contributed by atoms with Crippen LogP contribution in [0.1, 0.15) is 12.8 Å². The molecule has 0 atom stereocenters. The first-order valence-corrected chi connectivity index (χ1v) is 4.66. The Labute approximate surface area is 81.4 Å². The lowest BCUT2D eigenvalue weighted by molar-refractivity contribution is 0.145. The van der Waals surface area contributed by atoms with Crippen molar-refractivity contribution in [2.45, 2.75) is 18.9 Å². The van der Waals surface area contributed by atoms with Crippen molar-refractivity contribution >= 4 is 5.95 Å². The van der Waals surface area contributed by atoms with E-state index in [1.807, 2.05) is 4.90 Å². The van der Waals surface area contributed by atoms with Gasteiger partial charge in [-0.25, -0.2) is 14.4 Å². The van der Waals surface area contributed by atoms with E-state index in [0.29, 0.717) is 5.95 Å². The van der Waals surface area contributed by atoms with Gasteiger partial charge in [0.05, 0.1) is 18.5 Å². The predicted octanol–water partition coefficient (Wildman–Crippen LogP) is 0.577. The zero-order valence-electron chi connectivity index (χ0n) is 7.73. The van der Waals surface area contributed by atoms with E-state index < -0.39 is 5.82 Å². The summed E-state index contributed by atoms with van der Waals surface area (Å²) < 4.78 is 12.5. The molecule has 1 N–H and O–H groups in total. The van der Waals surface area contributed by atoms with Gasteiger partial charge >= 0.3 is 0 Å². The number of aromatic nitrogens is 2. The third-order valence-electron chi connectivity index (χ3n) is 2.35. The summed E-state index contributed by atoms with van der Waals surface area (Å²) >= 11 is 0. The van der Waals surface area contributed by atoms with E-state index in [1.54, 1.807) is 0 Å². The summed E-state index contributed by atoms with van der Waals surface area (Å²) in [5.74, 6) is 0.115. The van der Waals surface area contributed by atoms with E-state index in [0.717, 1.165) is 38.3 Å². The molecule has 1 saturated heterocycles. The van der Waals surface area contributed by atoms with Crippen molar-refractivity contribution in [3.8, 4) is 0 Å². The topological polar surface area (TPSA) is 49.2 Å². The van der Waals surface area contributed by atoms with Gasteiger partial charge < -0.3 is 10.0 Å². The van der Waals surface area contributed by atoms with Crippen molar-refractivity contribution in [3.63, 3.8) is 0 Å². The molecule has 2 rings (SSSR count). The van der Waals surface area contributed by atoms with Crippen molar-refractivity contribution in [2.75, 3.05) is 18.0 Å². The summed E-state index contributed by atoms with van der Waals surface area (Å²) in [5, 5.41) is 9.29. The number of anilines is 1. The number of piperidine rings is 1. The fourth-order valence-electron chi connectivity index (χ4n) is 1.53. The van der Waals surface area contributed by atoms with Crippen LogP contribution < -0.4 is 4.90 Å². The molecule has 5 heteroatoms. The highest BCUT2D eigenvalue weighted by Crippen LogP contribution is 2.15. The minimum Gasteiger partial charge on any atom is -0.393 e.